The monoisotopic (exact) mass is 312 g/mol. The molecule has 1 aliphatic carbocycles. The van der Waals surface area contributed by atoms with E-state index in [1.807, 2.05) is 6.92 Å². The first-order valence-corrected chi connectivity index (χ1v) is 7.83. The van der Waals surface area contributed by atoms with E-state index in [-0.39, 0.29) is 16.3 Å². The summed E-state index contributed by atoms with van der Waals surface area (Å²) in [7, 11) is 0. The first-order valence-electron chi connectivity index (χ1n) is 7.39. The number of imidazole rings is 1. The number of benzene rings is 1. The van der Waals surface area contributed by atoms with Crippen molar-refractivity contribution in [1.82, 2.24) is 9.55 Å². The van der Waals surface area contributed by atoms with Gasteiger partial charge in [-0.15, -0.1) is 11.6 Å². The average Bonchev–Trinajstić information content (AvgIpc) is 2.99. The van der Waals surface area contributed by atoms with Crippen LogP contribution in [0.1, 0.15) is 50.7 Å². The van der Waals surface area contributed by atoms with E-state index in [2.05, 4.69) is 11.9 Å². The summed E-state index contributed by atoms with van der Waals surface area (Å²) in [6.45, 7) is 4.65. The summed E-state index contributed by atoms with van der Waals surface area (Å²) in [5, 5.41) is -0.343. The summed E-state index contributed by atoms with van der Waals surface area (Å²) >= 11 is 6.20. The van der Waals surface area contributed by atoms with Gasteiger partial charge in [-0.3, -0.25) is 0 Å². The van der Waals surface area contributed by atoms with Crippen molar-refractivity contribution in [2.75, 3.05) is 0 Å². The maximum atomic E-state index is 14.3. The summed E-state index contributed by atoms with van der Waals surface area (Å²) in [5.74, 6) is -1.05. The van der Waals surface area contributed by atoms with Crippen LogP contribution in [-0.4, -0.2) is 9.55 Å². The number of aromatic nitrogens is 2. The van der Waals surface area contributed by atoms with Gasteiger partial charge in [-0.2, -0.15) is 0 Å². The topological polar surface area (TPSA) is 17.8 Å². The largest absolute Gasteiger partial charge is 0.324 e. The zero-order chi connectivity index (χ0) is 15.2. The summed E-state index contributed by atoms with van der Waals surface area (Å²) in [5.41, 5.74) is 0.816. The van der Waals surface area contributed by atoms with E-state index in [0.717, 1.165) is 18.9 Å². The van der Waals surface area contributed by atoms with E-state index in [1.54, 1.807) is 4.57 Å². The Hall–Kier alpha value is -1.16. The molecule has 21 heavy (non-hydrogen) atoms. The van der Waals surface area contributed by atoms with Crippen LogP contribution in [-0.2, 0) is 6.54 Å². The van der Waals surface area contributed by atoms with Gasteiger partial charge in [0.05, 0.1) is 10.9 Å². The summed E-state index contributed by atoms with van der Waals surface area (Å²) in [6, 6.07) is 2.64. The lowest BCUT2D eigenvalue weighted by Crippen LogP contribution is -2.21. The van der Waals surface area contributed by atoms with Crippen molar-refractivity contribution >= 4 is 22.6 Å². The molecule has 1 aliphatic rings. The molecule has 114 valence electrons. The van der Waals surface area contributed by atoms with Crippen LogP contribution in [0.15, 0.2) is 12.1 Å². The predicted molar refractivity (Wildman–Crippen MR) is 80.5 cm³/mol. The fourth-order valence-corrected chi connectivity index (χ4v) is 3.57. The average molecular weight is 313 g/mol. The van der Waals surface area contributed by atoms with Gasteiger partial charge in [0.15, 0.2) is 11.6 Å². The Kier molecular flexibility index (Phi) is 3.68. The molecule has 1 aromatic carbocycles. The third-order valence-corrected chi connectivity index (χ3v) is 4.73. The highest BCUT2D eigenvalue weighted by Crippen LogP contribution is 2.41. The van der Waals surface area contributed by atoms with Gasteiger partial charge < -0.3 is 4.57 Å². The minimum absolute atomic E-state index is 0.104. The molecule has 0 radical (unpaired) electrons. The molecular weight excluding hydrogens is 294 g/mol. The van der Waals surface area contributed by atoms with Gasteiger partial charge in [0.1, 0.15) is 11.3 Å². The second-order valence-electron chi connectivity index (χ2n) is 6.42. The Labute approximate surface area is 128 Å². The van der Waals surface area contributed by atoms with Crippen molar-refractivity contribution in [3.8, 4) is 0 Å². The van der Waals surface area contributed by atoms with Gasteiger partial charge in [-0.25, -0.2) is 13.8 Å². The van der Waals surface area contributed by atoms with Crippen LogP contribution in [0, 0.1) is 17.0 Å². The standard InChI is InChI=1S/C16H19ClF2N2/c1-10(17)15-20-12-6-5-11(18)13(19)14(12)21(15)9-16(2)7-3-4-8-16/h5-6,10H,3-4,7-9H2,1-2H3. The maximum Gasteiger partial charge on any atom is 0.184 e. The zero-order valence-electron chi connectivity index (χ0n) is 12.3. The minimum atomic E-state index is -0.839. The Morgan fingerprint density at radius 2 is 2.00 bits per heavy atom. The minimum Gasteiger partial charge on any atom is -0.324 e. The van der Waals surface area contributed by atoms with E-state index in [9.17, 15) is 8.78 Å². The third-order valence-electron chi connectivity index (χ3n) is 4.54. The highest BCUT2D eigenvalue weighted by molar-refractivity contribution is 6.20. The summed E-state index contributed by atoms with van der Waals surface area (Å²) in [4.78, 5) is 4.41. The van der Waals surface area contributed by atoms with Gasteiger partial charge in [-0.1, -0.05) is 19.8 Å². The lowest BCUT2D eigenvalue weighted by atomic mass is 9.88. The van der Waals surface area contributed by atoms with Crippen molar-refractivity contribution in [3.63, 3.8) is 0 Å². The SMILES string of the molecule is CC(Cl)c1nc2ccc(F)c(F)c2n1CC1(C)CCCC1. The van der Waals surface area contributed by atoms with Crippen LogP contribution in [0.25, 0.3) is 11.0 Å². The van der Waals surface area contributed by atoms with E-state index in [0.29, 0.717) is 17.9 Å². The molecule has 5 heteroatoms. The van der Waals surface area contributed by atoms with Crippen LogP contribution in [0.4, 0.5) is 8.78 Å². The van der Waals surface area contributed by atoms with Crippen molar-refractivity contribution in [1.29, 1.82) is 0 Å². The zero-order valence-corrected chi connectivity index (χ0v) is 13.1. The third kappa shape index (κ3) is 2.54. The summed E-state index contributed by atoms with van der Waals surface area (Å²) < 4.78 is 29.6. The van der Waals surface area contributed by atoms with Gasteiger partial charge in [-0.05, 0) is 37.3 Å². The molecule has 1 atom stereocenters. The van der Waals surface area contributed by atoms with E-state index in [1.165, 1.54) is 18.9 Å². The molecule has 0 bridgehead atoms. The molecule has 0 spiro atoms. The van der Waals surface area contributed by atoms with Crippen molar-refractivity contribution in [3.05, 3.63) is 29.6 Å². The van der Waals surface area contributed by atoms with Crippen LogP contribution < -0.4 is 0 Å². The fourth-order valence-electron chi connectivity index (χ4n) is 3.41. The Balaban J connectivity index is 2.17. The van der Waals surface area contributed by atoms with E-state index < -0.39 is 11.6 Å². The quantitative estimate of drug-likeness (QED) is 0.713. The van der Waals surface area contributed by atoms with Crippen LogP contribution in [0.5, 0.6) is 0 Å². The number of rotatable bonds is 3. The van der Waals surface area contributed by atoms with Crippen LogP contribution in [0.2, 0.25) is 0 Å². The molecular formula is C16H19ClF2N2. The molecule has 1 saturated carbocycles. The van der Waals surface area contributed by atoms with E-state index in [4.69, 9.17) is 11.6 Å². The maximum absolute atomic E-state index is 14.3. The summed E-state index contributed by atoms with van der Waals surface area (Å²) in [6.07, 6.45) is 4.57. The molecule has 1 unspecified atom stereocenters. The molecule has 0 aliphatic heterocycles. The Morgan fingerprint density at radius 1 is 1.33 bits per heavy atom. The lowest BCUT2D eigenvalue weighted by Gasteiger charge is -2.26. The molecule has 0 saturated heterocycles. The van der Waals surface area contributed by atoms with Crippen LogP contribution in [0.3, 0.4) is 0 Å². The smallest absolute Gasteiger partial charge is 0.184 e. The molecule has 2 nitrogen and oxygen atoms in total. The molecule has 1 fully saturated rings. The highest BCUT2D eigenvalue weighted by atomic mass is 35.5. The van der Waals surface area contributed by atoms with Crippen molar-refractivity contribution < 1.29 is 8.78 Å². The number of fused-ring (bicyclic) bond motifs is 1. The number of alkyl halides is 1. The second-order valence-corrected chi connectivity index (χ2v) is 7.07. The van der Waals surface area contributed by atoms with E-state index >= 15 is 0 Å². The number of hydrogen-bond donors (Lipinski definition) is 0. The predicted octanol–water partition coefficient (Wildman–Crippen LogP) is 5.19. The fraction of sp³-hybridized carbons (Fsp3) is 0.562. The Bertz CT molecular complexity index is 672. The van der Waals surface area contributed by atoms with Gasteiger partial charge in [0.2, 0.25) is 0 Å². The lowest BCUT2D eigenvalue weighted by molar-refractivity contribution is 0.280. The normalized spacial score (nSPS) is 19.3. The van der Waals surface area contributed by atoms with Gasteiger partial charge >= 0.3 is 0 Å². The number of hydrogen-bond acceptors (Lipinski definition) is 1. The first-order chi connectivity index (χ1) is 9.91. The second kappa shape index (κ2) is 5.24. The molecule has 3 rings (SSSR count). The highest BCUT2D eigenvalue weighted by Gasteiger charge is 2.32. The molecule has 2 aromatic rings. The molecule has 1 heterocycles. The molecule has 0 N–H and O–H groups in total. The van der Waals surface area contributed by atoms with Crippen LogP contribution >= 0.6 is 11.6 Å². The molecule has 0 amide bonds. The van der Waals surface area contributed by atoms with Crippen molar-refractivity contribution in [2.24, 2.45) is 5.41 Å². The first kappa shape index (κ1) is 14.8. The number of nitrogens with zero attached hydrogens (tertiary/aromatic N) is 2. The van der Waals surface area contributed by atoms with Crippen molar-refractivity contribution in [2.45, 2.75) is 51.5 Å². The van der Waals surface area contributed by atoms with Gasteiger partial charge in [0, 0.05) is 6.54 Å². The molecule has 1 aromatic heterocycles. The Morgan fingerprint density at radius 3 is 2.62 bits per heavy atom. The van der Waals surface area contributed by atoms with Gasteiger partial charge in [0.25, 0.3) is 0 Å². The number of halogens is 3.